The van der Waals surface area contributed by atoms with Crippen LogP contribution in [0, 0.1) is 0 Å². The fourth-order valence-electron chi connectivity index (χ4n) is 3.78. The summed E-state index contributed by atoms with van der Waals surface area (Å²) in [6.45, 7) is 1.75. The lowest BCUT2D eigenvalue weighted by atomic mass is 10.1. The third-order valence-corrected chi connectivity index (χ3v) is 5.82. The van der Waals surface area contributed by atoms with Crippen LogP contribution in [0.4, 0.5) is 11.4 Å². The van der Waals surface area contributed by atoms with Crippen LogP contribution in [-0.2, 0) is 20.1 Å². The number of pyridine rings is 2. The molecule has 0 radical (unpaired) electrons. The van der Waals surface area contributed by atoms with Gasteiger partial charge in [-0.15, -0.1) is 0 Å². The third-order valence-electron chi connectivity index (χ3n) is 5.82. The summed E-state index contributed by atoms with van der Waals surface area (Å²) in [5.74, 6) is 0. The van der Waals surface area contributed by atoms with Crippen LogP contribution in [0.3, 0.4) is 0 Å². The number of benzene rings is 2. The summed E-state index contributed by atoms with van der Waals surface area (Å²) >= 11 is 0. The van der Waals surface area contributed by atoms with Crippen molar-refractivity contribution >= 4 is 11.4 Å². The molecule has 0 aliphatic heterocycles. The second-order valence-electron chi connectivity index (χ2n) is 8.59. The van der Waals surface area contributed by atoms with Crippen molar-refractivity contribution in [2.45, 2.75) is 13.1 Å². The lowest BCUT2D eigenvalue weighted by molar-refractivity contribution is -0.688. The summed E-state index contributed by atoms with van der Waals surface area (Å²) in [4.78, 5) is 4.40. The van der Waals surface area contributed by atoms with Gasteiger partial charge in [-0.3, -0.25) is 0 Å². The maximum absolute atomic E-state index is 2.28. The first-order valence-electron chi connectivity index (χ1n) is 11.0. The Kier molecular flexibility index (Phi) is 6.50. The molecule has 0 aliphatic carbocycles. The van der Waals surface area contributed by atoms with E-state index in [1.165, 1.54) is 33.6 Å². The van der Waals surface area contributed by atoms with Gasteiger partial charge in [0.2, 0.25) is 0 Å². The fourth-order valence-corrected chi connectivity index (χ4v) is 3.78. The van der Waals surface area contributed by atoms with Crippen LogP contribution in [0.25, 0.3) is 11.1 Å². The minimum atomic E-state index is 0.867. The molecule has 0 N–H and O–H groups in total. The highest BCUT2D eigenvalue weighted by molar-refractivity contribution is 5.61. The molecule has 0 saturated heterocycles. The van der Waals surface area contributed by atoms with Crippen LogP contribution in [-0.4, -0.2) is 21.1 Å². The van der Waals surface area contributed by atoms with Gasteiger partial charge in [0.15, 0.2) is 31.3 Å². The normalized spacial score (nSPS) is 10.8. The molecule has 162 valence electrons. The number of hydrogen-bond acceptors (Lipinski definition) is 2. The lowest BCUT2D eigenvalue weighted by Crippen LogP contribution is -2.33. The van der Waals surface area contributed by atoms with Crippen molar-refractivity contribution in [3.8, 4) is 11.1 Å². The molecule has 0 saturated carbocycles. The van der Waals surface area contributed by atoms with Gasteiger partial charge in [0, 0.05) is 68.9 Å². The standard InChI is InChI=1S/C28H32N4/c1-29(2)27-9-11-28(12-10-27)31(4)21-23-5-7-24(8-6-23)22-32-19-15-26(16-20-32)25-13-17-30(3)18-14-25/h5-20H,21-22H2,1-4H3/q+2. The SMILES string of the molecule is CN(C)c1ccc(N(C)Cc2ccc(C[n+]3ccc(-c4cc[n+](C)cc4)cc3)cc2)cc1. The Morgan fingerprint density at radius 1 is 0.594 bits per heavy atom. The number of rotatable bonds is 7. The summed E-state index contributed by atoms with van der Waals surface area (Å²) in [6.07, 6.45) is 8.46. The second kappa shape index (κ2) is 9.65. The zero-order chi connectivity index (χ0) is 22.5. The molecule has 4 nitrogen and oxygen atoms in total. The lowest BCUT2D eigenvalue weighted by Gasteiger charge is -2.21. The average molecular weight is 425 g/mol. The molecule has 0 amide bonds. The van der Waals surface area contributed by atoms with E-state index in [0.29, 0.717) is 0 Å². The molecule has 0 fully saturated rings. The molecule has 4 heteroatoms. The Hall–Kier alpha value is -3.66. The topological polar surface area (TPSA) is 14.2 Å². The van der Waals surface area contributed by atoms with Gasteiger partial charge in [0.1, 0.15) is 7.05 Å². The molecule has 0 bridgehead atoms. The van der Waals surface area contributed by atoms with Gasteiger partial charge in [-0.1, -0.05) is 24.3 Å². The van der Waals surface area contributed by atoms with Crippen LogP contribution >= 0.6 is 0 Å². The van der Waals surface area contributed by atoms with E-state index in [9.17, 15) is 0 Å². The van der Waals surface area contributed by atoms with Crippen molar-refractivity contribution in [3.05, 3.63) is 109 Å². The first kappa shape index (κ1) is 21.6. The summed E-state index contributed by atoms with van der Waals surface area (Å²) in [6, 6.07) is 26.3. The Labute approximate surface area is 191 Å². The largest absolute Gasteiger partial charge is 0.378 e. The highest BCUT2D eigenvalue weighted by atomic mass is 15.1. The van der Waals surface area contributed by atoms with E-state index in [1.54, 1.807) is 0 Å². The van der Waals surface area contributed by atoms with E-state index >= 15 is 0 Å². The van der Waals surface area contributed by atoms with Gasteiger partial charge in [0.25, 0.3) is 0 Å². The monoisotopic (exact) mass is 424 g/mol. The summed E-state index contributed by atoms with van der Waals surface area (Å²) in [7, 11) is 8.31. The van der Waals surface area contributed by atoms with Gasteiger partial charge in [-0.25, -0.2) is 9.13 Å². The molecule has 0 unspecified atom stereocenters. The van der Waals surface area contributed by atoms with E-state index < -0.39 is 0 Å². The molecule has 0 atom stereocenters. The summed E-state index contributed by atoms with van der Waals surface area (Å²) in [5, 5.41) is 0. The van der Waals surface area contributed by atoms with E-state index in [1.807, 2.05) is 7.05 Å². The minimum absolute atomic E-state index is 0.867. The van der Waals surface area contributed by atoms with Crippen molar-refractivity contribution < 1.29 is 9.13 Å². The van der Waals surface area contributed by atoms with E-state index in [-0.39, 0.29) is 0 Å². The molecular weight excluding hydrogens is 392 g/mol. The van der Waals surface area contributed by atoms with Crippen molar-refractivity contribution in [3.63, 3.8) is 0 Å². The minimum Gasteiger partial charge on any atom is -0.378 e. The molecule has 32 heavy (non-hydrogen) atoms. The van der Waals surface area contributed by atoms with Crippen molar-refractivity contribution in [1.29, 1.82) is 0 Å². The molecule has 0 aliphatic rings. The molecule has 2 aromatic carbocycles. The van der Waals surface area contributed by atoms with E-state index in [0.717, 1.165) is 13.1 Å². The van der Waals surface area contributed by atoms with Crippen LogP contribution in [0.1, 0.15) is 11.1 Å². The molecular formula is C28H32N4+2. The fraction of sp³-hybridized carbons (Fsp3) is 0.214. The first-order valence-corrected chi connectivity index (χ1v) is 11.0. The van der Waals surface area contributed by atoms with Crippen LogP contribution < -0.4 is 18.9 Å². The predicted molar refractivity (Wildman–Crippen MR) is 132 cm³/mol. The molecule has 2 heterocycles. The van der Waals surface area contributed by atoms with E-state index in [2.05, 4.69) is 138 Å². The van der Waals surface area contributed by atoms with Gasteiger partial charge in [0.05, 0.1) is 0 Å². The quantitative estimate of drug-likeness (QED) is 0.413. The zero-order valence-corrected chi connectivity index (χ0v) is 19.4. The van der Waals surface area contributed by atoms with Crippen molar-refractivity contribution in [2.24, 2.45) is 7.05 Å². The van der Waals surface area contributed by atoms with Gasteiger partial charge in [-0.05, 0) is 41.0 Å². The summed E-state index contributed by atoms with van der Waals surface area (Å²) in [5.41, 5.74) is 7.53. The van der Waals surface area contributed by atoms with Gasteiger partial charge in [-0.2, -0.15) is 0 Å². The van der Waals surface area contributed by atoms with Gasteiger partial charge < -0.3 is 9.80 Å². The van der Waals surface area contributed by atoms with Crippen LogP contribution in [0.2, 0.25) is 0 Å². The van der Waals surface area contributed by atoms with E-state index in [4.69, 9.17) is 0 Å². The van der Waals surface area contributed by atoms with Crippen molar-refractivity contribution in [2.75, 3.05) is 30.9 Å². The predicted octanol–water partition coefficient (Wildman–Crippen LogP) is 4.22. The second-order valence-corrected chi connectivity index (χ2v) is 8.59. The maximum Gasteiger partial charge on any atom is 0.173 e. The maximum atomic E-state index is 2.28. The Bertz CT molecular complexity index is 1130. The average Bonchev–Trinajstić information content (AvgIpc) is 2.81. The molecule has 0 spiro atoms. The Morgan fingerprint density at radius 3 is 1.66 bits per heavy atom. The van der Waals surface area contributed by atoms with Crippen LogP contribution in [0.5, 0.6) is 0 Å². The zero-order valence-electron chi connectivity index (χ0n) is 19.4. The summed E-state index contributed by atoms with van der Waals surface area (Å²) < 4.78 is 4.27. The molecule has 2 aromatic heterocycles. The molecule has 4 aromatic rings. The smallest absolute Gasteiger partial charge is 0.173 e. The highest BCUT2D eigenvalue weighted by Gasteiger charge is 2.07. The number of aromatic nitrogens is 2. The molecule has 4 rings (SSSR count). The van der Waals surface area contributed by atoms with Crippen LogP contribution in [0.15, 0.2) is 97.6 Å². The first-order chi connectivity index (χ1) is 15.5. The third kappa shape index (κ3) is 5.33. The highest BCUT2D eigenvalue weighted by Crippen LogP contribution is 2.20. The van der Waals surface area contributed by atoms with Gasteiger partial charge >= 0.3 is 0 Å². The number of nitrogens with zero attached hydrogens (tertiary/aromatic N) is 4. The Morgan fingerprint density at radius 2 is 1.09 bits per heavy atom. The number of hydrogen-bond donors (Lipinski definition) is 0. The van der Waals surface area contributed by atoms with Crippen molar-refractivity contribution in [1.82, 2.24) is 0 Å². The Balaban J connectivity index is 1.36. The number of anilines is 2. The number of aryl methyl sites for hydroxylation is 1.